The molecule has 14 aromatic carbocycles. The molecule has 0 atom stereocenters. The molecule has 0 saturated heterocycles. The quantitative estimate of drug-likeness (QED) is 0.110. The maximum Gasteiger partial charge on any atom is 0.145 e. The molecular weight excluding hydrogens is 929 g/mol. The third-order valence-electron chi connectivity index (χ3n) is 15.7. The van der Waals surface area contributed by atoms with E-state index in [1.54, 1.807) is 0 Å². The van der Waals surface area contributed by atoms with Crippen LogP contribution in [0.1, 0.15) is 0 Å². The predicted octanol–water partition coefficient (Wildman–Crippen LogP) is 20.5. The lowest BCUT2D eigenvalue weighted by Crippen LogP contribution is -1.98. The van der Waals surface area contributed by atoms with Crippen LogP contribution in [0.15, 0.2) is 291 Å². The first-order valence-electron chi connectivity index (χ1n) is 26.5. The van der Waals surface area contributed by atoms with Gasteiger partial charge in [0.2, 0.25) is 0 Å². The second-order valence-corrected chi connectivity index (χ2v) is 20.2. The van der Waals surface area contributed by atoms with Crippen molar-refractivity contribution in [2.24, 2.45) is 0 Å². The van der Waals surface area contributed by atoms with E-state index >= 15 is 0 Å². The second-order valence-electron chi connectivity index (χ2n) is 20.2. The van der Waals surface area contributed by atoms with E-state index < -0.39 is 0 Å². The molecule has 0 aliphatic carbocycles. The summed E-state index contributed by atoms with van der Waals surface area (Å²) in [7, 11) is 0. The third kappa shape index (κ3) is 7.53. The highest BCUT2D eigenvalue weighted by molar-refractivity contribution is 6.26. The fourth-order valence-corrected chi connectivity index (χ4v) is 12.2. The van der Waals surface area contributed by atoms with Crippen molar-refractivity contribution in [1.82, 2.24) is 9.55 Å². The number of hydrogen-bond acceptors (Lipinski definition) is 1. The van der Waals surface area contributed by atoms with Gasteiger partial charge in [-0.2, -0.15) is 0 Å². The van der Waals surface area contributed by atoms with Crippen molar-refractivity contribution in [2.45, 2.75) is 0 Å². The zero-order valence-corrected chi connectivity index (χ0v) is 42.1. The summed E-state index contributed by atoms with van der Waals surface area (Å²) in [5.74, 6) is 0.899. The molecule has 0 N–H and O–H groups in total. The zero-order valence-electron chi connectivity index (χ0n) is 42.1. The molecule has 0 aliphatic heterocycles. The van der Waals surface area contributed by atoms with Gasteiger partial charge in [-0.05, 0) is 169 Å². The minimum Gasteiger partial charge on any atom is -0.292 e. The van der Waals surface area contributed by atoms with Gasteiger partial charge in [0.15, 0.2) is 0 Å². The zero-order chi connectivity index (χ0) is 50.8. The van der Waals surface area contributed by atoms with E-state index in [0.717, 1.165) is 44.8 Å². The van der Waals surface area contributed by atoms with Gasteiger partial charge >= 0.3 is 0 Å². The van der Waals surface area contributed by atoms with Crippen LogP contribution in [0.25, 0.3) is 149 Å². The maximum atomic E-state index is 5.36. The molecule has 0 bridgehead atoms. The number of para-hydroxylation sites is 2. The molecule has 0 unspecified atom stereocenters. The summed E-state index contributed by atoms with van der Waals surface area (Å²) in [5.41, 5.74) is 18.6. The number of nitrogens with zero attached hydrogens (tertiary/aromatic N) is 2. The molecule has 15 rings (SSSR count). The van der Waals surface area contributed by atoms with Gasteiger partial charge in [0.1, 0.15) is 5.82 Å². The second kappa shape index (κ2) is 18.3. The number of benzene rings is 14. The van der Waals surface area contributed by atoms with E-state index in [1.807, 2.05) is 0 Å². The van der Waals surface area contributed by atoms with Crippen LogP contribution in [0.4, 0.5) is 0 Å². The van der Waals surface area contributed by atoms with E-state index in [1.165, 1.54) is 104 Å². The Labute approximate surface area is 447 Å². The third-order valence-corrected chi connectivity index (χ3v) is 15.7. The van der Waals surface area contributed by atoms with E-state index in [2.05, 4.69) is 296 Å². The first-order chi connectivity index (χ1) is 38.2. The Morgan fingerprint density at radius 1 is 0.234 bits per heavy atom. The molecule has 77 heavy (non-hydrogen) atoms. The molecule has 0 spiro atoms. The normalized spacial score (nSPS) is 11.6. The molecule has 0 saturated carbocycles. The number of fused-ring (bicyclic) bond motifs is 7. The van der Waals surface area contributed by atoms with Gasteiger partial charge in [0.25, 0.3) is 0 Å². The number of hydrogen-bond donors (Lipinski definition) is 0. The Balaban J connectivity index is 0.864. The number of rotatable bonds is 8. The van der Waals surface area contributed by atoms with Crippen molar-refractivity contribution < 1.29 is 0 Å². The standard InChI is InChI=1S/C75H48N2/c1-4-20-49(21-5-1)56-44-57(50-22-6-2-7-23-50)46-58(45-56)54-27-18-28-59(47-54)77-71-37-17-16-36-70(71)76-75(77)53-40-38-52(39-41-53)72-60-29-11-10-26-55(60)48-69-61-34-19-35-63(62(61)42-43-68(69)72)74-66-32-14-12-30-64(66)73(51-24-8-3-9-25-51)65-31-13-15-33-67(65)74/h1-48H. The lowest BCUT2D eigenvalue weighted by molar-refractivity contribution is 1.10. The Morgan fingerprint density at radius 3 is 1.35 bits per heavy atom. The maximum absolute atomic E-state index is 5.36. The molecule has 0 fully saturated rings. The monoisotopic (exact) mass is 976 g/mol. The Morgan fingerprint density at radius 2 is 0.688 bits per heavy atom. The van der Waals surface area contributed by atoms with Gasteiger partial charge < -0.3 is 0 Å². The molecule has 0 aliphatic rings. The highest BCUT2D eigenvalue weighted by Gasteiger charge is 2.21. The van der Waals surface area contributed by atoms with Gasteiger partial charge in [0, 0.05) is 11.3 Å². The molecule has 15 aromatic rings. The van der Waals surface area contributed by atoms with Gasteiger partial charge in [-0.15, -0.1) is 0 Å². The summed E-state index contributed by atoms with van der Waals surface area (Å²) in [6.45, 7) is 0. The first kappa shape index (κ1) is 44.3. The Kier molecular flexibility index (Phi) is 10.6. The van der Waals surface area contributed by atoms with Crippen molar-refractivity contribution in [3.63, 3.8) is 0 Å². The van der Waals surface area contributed by atoms with Crippen LogP contribution in [0.3, 0.4) is 0 Å². The van der Waals surface area contributed by atoms with Crippen molar-refractivity contribution in [3.8, 4) is 83.8 Å². The average molecular weight is 977 g/mol. The molecule has 0 amide bonds. The van der Waals surface area contributed by atoms with Crippen LogP contribution in [-0.2, 0) is 0 Å². The molecule has 358 valence electrons. The van der Waals surface area contributed by atoms with Crippen LogP contribution >= 0.6 is 0 Å². The number of aromatic nitrogens is 2. The largest absolute Gasteiger partial charge is 0.292 e. The van der Waals surface area contributed by atoms with E-state index in [0.29, 0.717) is 0 Å². The van der Waals surface area contributed by atoms with Crippen molar-refractivity contribution in [2.75, 3.05) is 0 Å². The van der Waals surface area contributed by atoms with Crippen molar-refractivity contribution in [3.05, 3.63) is 291 Å². The Bertz CT molecular complexity index is 4650. The van der Waals surface area contributed by atoms with E-state index in [9.17, 15) is 0 Å². The van der Waals surface area contributed by atoms with Crippen LogP contribution in [0.2, 0.25) is 0 Å². The summed E-state index contributed by atoms with van der Waals surface area (Å²) in [5, 5.41) is 12.4. The minimum atomic E-state index is 0.899. The fraction of sp³-hybridized carbons (Fsp3) is 0. The topological polar surface area (TPSA) is 17.8 Å². The van der Waals surface area contributed by atoms with Crippen molar-refractivity contribution in [1.29, 1.82) is 0 Å². The minimum absolute atomic E-state index is 0.899. The number of imidazole rings is 1. The SMILES string of the molecule is c1ccc(-c2cc(-c3ccccc3)cc(-c3cccc(-n4c(-c5ccc(-c6c7ccccc7cc7c6ccc6c(-c8c9ccccc9c(-c9ccccc9)c9ccccc89)cccc67)cc5)nc5ccccc54)c3)c2)cc1. The van der Waals surface area contributed by atoms with Gasteiger partial charge in [-0.3, -0.25) is 4.57 Å². The van der Waals surface area contributed by atoms with Gasteiger partial charge in [0.05, 0.1) is 11.0 Å². The summed E-state index contributed by atoms with van der Waals surface area (Å²) < 4.78 is 2.33. The van der Waals surface area contributed by atoms with E-state index in [4.69, 9.17) is 4.98 Å². The summed E-state index contributed by atoms with van der Waals surface area (Å²) in [6.07, 6.45) is 0. The molecule has 2 nitrogen and oxygen atoms in total. The molecular formula is C75H48N2. The first-order valence-corrected chi connectivity index (χ1v) is 26.5. The van der Waals surface area contributed by atoms with Crippen LogP contribution < -0.4 is 0 Å². The smallest absolute Gasteiger partial charge is 0.145 e. The Hall–Kier alpha value is -10.2. The van der Waals surface area contributed by atoms with Crippen LogP contribution in [0, 0.1) is 0 Å². The lowest BCUT2D eigenvalue weighted by atomic mass is 9.83. The fourth-order valence-electron chi connectivity index (χ4n) is 12.2. The molecule has 2 heteroatoms. The highest BCUT2D eigenvalue weighted by Crippen LogP contribution is 2.48. The van der Waals surface area contributed by atoms with Gasteiger partial charge in [-0.1, -0.05) is 243 Å². The summed E-state index contributed by atoms with van der Waals surface area (Å²) >= 11 is 0. The predicted molar refractivity (Wildman–Crippen MR) is 327 cm³/mol. The van der Waals surface area contributed by atoms with Gasteiger partial charge in [-0.25, -0.2) is 4.98 Å². The molecule has 0 radical (unpaired) electrons. The van der Waals surface area contributed by atoms with Crippen molar-refractivity contribution >= 4 is 64.9 Å². The molecule has 1 aromatic heterocycles. The highest BCUT2D eigenvalue weighted by atomic mass is 15.1. The van der Waals surface area contributed by atoms with Crippen LogP contribution in [0.5, 0.6) is 0 Å². The molecule has 1 heterocycles. The lowest BCUT2D eigenvalue weighted by Gasteiger charge is -2.20. The summed E-state index contributed by atoms with van der Waals surface area (Å²) in [4.78, 5) is 5.36. The van der Waals surface area contributed by atoms with E-state index in [-0.39, 0.29) is 0 Å². The summed E-state index contributed by atoms with van der Waals surface area (Å²) in [6, 6.07) is 106. The average Bonchev–Trinajstić information content (AvgIpc) is 3.93. The van der Waals surface area contributed by atoms with Crippen LogP contribution in [-0.4, -0.2) is 9.55 Å².